The Morgan fingerprint density at radius 2 is 2.43 bits per heavy atom. The minimum atomic E-state index is -0.818. The molecule has 1 aromatic rings. The van der Waals surface area contributed by atoms with Crippen molar-refractivity contribution >= 4 is 17.2 Å². The van der Waals surface area contributed by atoms with Crippen LogP contribution in [0.3, 0.4) is 0 Å². The highest BCUT2D eigenvalue weighted by atomic mass is 32.1. The minimum absolute atomic E-state index is 0.0455. The average Bonchev–Trinajstić information content (AvgIpc) is 2.99. The van der Waals surface area contributed by atoms with Crippen LogP contribution < -0.4 is 11.1 Å². The summed E-state index contributed by atoms with van der Waals surface area (Å²) in [6.45, 7) is 5.45. The molecule has 2 aliphatic rings. The van der Waals surface area contributed by atoms with Crippen molar-refractivity contribution in [1.82, 2.24) is 10.3 Å². The Bertz CT molecular complexity index is 517. The molecule has 1 aromatic heterocycles. The topological polar surface area (TPSA) is 77.2 Å². The molecular formula is C15H23N3O2S. The molecule has 3 atom stereocenters. The Labute approximate surface area is 129 Å². The predicted molar refractivity (Wildman–Crippen MR) is 82.0 cm³/mol. The third-order valence-electron chi connectivity index (χ3n) is 5.17. The summed E-state index contributed by atoms with van der Waals surface area (Å²) in [6.07, 6.45) is 4.61. The van der Waals surface area contributed by atoms with Crippen LogP contribution in [0.15, 0.2) is 11.6 Å². The summed E-state index contributed by atoms with van der Waals surface area (Å²) in [6, 6.07) is 0. The van der Waals surface area contributed by atoms with E-state index in [0.717, 1.165) is 30.9 Å². The largest absolute Gasteiger partial charge is 0.377 e. The van der Waals surface area contributed by atoms with Crippen molar-refractivity contribution in [3.63, 3.8) is 0 Å². The minimum Gasteiger partial charge on any atom is -0.377 e. The number of carbonyl (C=O) groups excluding carboxylic acids is 1. The predicted octanol–water partition coefficient (Wildman–Crippen LogP) is 1.33. The lowest BCUT2D eigenvalue weighted by atomic mass is 9.46. The van der Waals surface area contributed by atoms with E-state index in [9.17, 15) is 4.79 Å². The molecule has 3 N–H and O–H groups in total. The molecule has 3 rings (SSSR count). The van der Waals surface area contributed by atoms with Crippen LogP contribution in [-0.4, -0.2) is 35.7 Å². The molecule has 2 fully saturated rings. The van der Waals surface area contributed by atoms with Crippen LogP contribution in [-0.2, 0) is 16.0 Å². The van der Waals surface area contributed by atoms with E-state index in [1.54, 1.807) is 17.5 Å². The van der Waals surface area contributed by atoms with E-state index in [1.807, 2.05) is 19.2 Å². The molecule has 1 aliphatic heterocycles. The smallest absolute Gasteiger partial charge is 0.241 e. The number of fused-ring (bicyclic) bond motifs is 1. The van der Waals surface area contributed by atoms with Crippen LogP contribution >= 0.6 is 11.3 Å². The maximum atomic E-state index is 12.6. The fourth-order valence-electron chi connectivity index (χ4n) is 3.84. The molecule has 6 heteroatoms. The van der Waals surface area contributed by atoms with E-state index >= 15 is 0 Å². The molecule has 1 amide bonds. The number of hydrogen-bond acceptors (Lipinski definition) is 5. The van der Waals surface area contributed by atoms with Crippen LogP contribution in [0.25, 0.3) is 0 Å². The molecule has 0 bridgehead atoms. The molecule has 1 saturated carbocycles. The van der Waals surface area contributed by atoms with E-state index in [2.05, 4.69) is 10.3 Å². The molecule has 0 aromatic carbocycles. The molecule has 0 radical (unpaired) electrons. The van der Waals surface area contributed by atoms with Crippen molar-refractivity contribution in [1.29, 1.82) is 0 Å². The van der Waals surface area contributed by atoms with Gasteiger partial charge < -0.3 is 15.8 Å². The van der Waals surface area contributed by atoms with Crippen molar-refractivity contribution < 1.29 is 9.53 Å². The molecule has 116 valence electrons. The maximum absolute atomic E-state index is 12.6. The second kappa shape index (κ2) is 5.34. The number of nitrogens with two attached hydrogens (primary N) is 1. The number of carbonyl (C=O) groups is 1. The van der Waals surface area contributed by atoms with Crippen molar-refractivity contribution in [2.24, 2.45) is 17.1 Å². The first-order valence-corrected chi connectivity index (χ1v) is 8.43. The fourth-order valence-corrected chi connectivity index (χ4v) is 4.46. The number of rotatable bonds is 4. The summed E-state index contributed by atoms with van der Waals surface area (Å²) in [5, 5.41) is 5.98. The quantitative estimate of drug-likeness (QED) is 0.880. The Kier molecular flexibility index (Phi) is 3.80. The number of aromatic nitrogens is 1. The lowest BCUT2D eigenvalue weighted by Crippen LogP contribution is -2.82. The van der Waals surface area contributed by atoms with Gasteiger partial charge in [-0.15, -0.1) is 11.3 Å². The molecule has 5 nitrogen and oxygen atoms in total. The Balaban J connectivity index is 1.62. The van der Waals surface area contributed by atoms with Crippen molar-refractivity contribution in [2.75, 3.05) is 13.2 Å². The van der Waals surface area contributed by atoms with Gasteiger partial charge in [-0.05, 0) is 12.8 Å². The van der Waals surface area contributed by atoms with Gasteiger partial charge in [0.05, 0.1) is 11.1 Å². The number of hydrogen-bond donors (Lipinski definition) is 2. The zero-order chi connectivity index (χ0) is 15.1. The van der Waals surface area contributed by atoms with Crippen LogP contribution in [0.4, 0.5) is 0 Å². The molecule has 21 heavy (non-hydrogen) atoms. The third kappa shape index (κ3) is 2.20. The van der Waals surface area contributed by atoms with E-state index in [0.29, 0.717) is 6.54 Å². The number of nitrogens with one attached hydrogen (secondary N) is 1. The summed E-state index contributed by atoms with van der Waals surface area (Å²) in [4.78, 5) is 16.9. The van der Waals surface area contributed by atoms with Crippen LogP contribution in [0.1, 0.15) is 31.7 Å². The first-order valence-electron chi connectivity index (χ1n) is 7.55. The standard InChI is InChI=1S/C15H23N3O2S/c1-14(2)12-10(4-3-8-20-12)15(14,16)13(19)18-6-5-11-17-7-9-21-11/h7,9-10,12H,3-6,8,16H2,1-2H3,(H,18,19). The lowest BCUT2D eigenvalue weighted by Gasteiger charge is -2.65. The van der Waals surface area contributed by atoms with Crippen molar-refractivity contribution in [2.45, 2.75) is 44.8 Å². The Morgan fingerprint density at radius 1 is 1.62 bits per heavy atom. The summed E-state index contributed by atoms with van der Waals surface area (Å²) >= 11 is 1.61. The van der Waals surface area contributed by atoms with Crippen molar-refractivity contribution in [3.05, 3.63) is 16.6 Å². The maximum Gasteiger partial charge on any atom is 0.241 e. The van der Waals surface area contributed by atoms with Gasteiger partial charge in [-0.3, -0.25) is 4.79 Å². The summed E-state index contributed by atoms with van der Waals surface area (Å²) in [5.74, 6) is 0.0944. The summed E-state index contributed by atoms with van der Waals surface area (Å²) < 4.78 is 5.83. The normalized spacial score (nSPS) is 33.9. The molecule has 3 unspecified atom stereocenters. The number of ether oxygens (including phenoxy) is 1. The van der Waals surface area contributed by atoms with E-state index < -0.39 is 5.54 Å². The molecular weight excluding hydrogens is 286 g/mol. The van der Waals surface area contributed by atoms with Gasteiger partial charge in [-0.2, -0.15) is 0 Å². The zero-order valence-corrected chi connectivity index (χ0v) is 13.4. The summed E-state index contributed by atoms with van der Waals surface area (Å²) in [7, 11) is 0. The van der Waals surface area contributed by atoms with E-state index in [1.165, 1.54) is 0 Å². The first-order chi connectivity index (χ1) is 9.98. The van der Waals surface area contributed by atoms with Crippen LogP contribution in [0.2, 0.25) is 0 Å². The Hall–Kier alpha value is -0.980. The molecule has 0 spiro atoms. The zero-order valence-electron chi connectivity index (χ0n) is 12.6. The van der Waals surface area contributed by atoms with E-state index in [-0.39, 0.29) is 23.3 Å². The number of nitrogens with zero attached hydrogens (tertiary/aromatic N) is 1. The summed E-state index contributed by atoms with van der Waals surface area (Å²) in [5.41, 5.74) is 5.40. The lowest BCUT2D eigenvalue weighted by molar-refractivity contribution is -0.225. The van der Waals surface area contributed by atoms with E-state index in [4.69, 9.17) is 10.5 Å². The molecule has 2 heterocycles. The Morgan fingerprint density at radius 3 is 3.14 bits per heavy atom. The molecule has 1 saturated heterocycles. The SMILES string of the molecule is CC1(C)C2OCCCC2C1(N)C(=O)NCCc1nccs1. The highest BCUT2D eigenvalue weighted by Gasteiger charge is 2.70. The highest BCUT2D eigenvalue weighted by Crippen LogP contribution is 2.57. The van der Waals surface area contributed by atoms with Gasteiger partial charge >= 0.3 is 0 Å². The van der Waals surface area contributed by atoms with Gasteiger partial charge in [0.2, 0.25) is 5.91 Å². The monoisotopic (exact) mass is 309 g/mol. The van der Waals surface area contributed by atoms with Crippen LogP contribution in [0, 0.1) is 11.3 Å². The fraction of sp³-hybridized carbons (Fsp3) is 0.733. The average molecular weight is 309 g/mol. The van der Waals surface area contributed by atoms with Gasteiger partial charge in [0.15, 0.2) is 0 Å². The highest BCUT2D eigenvalue weighted by molar-refractivity contribution is 7.09. The van der Waals surface area contributed by atoms with Gasteiger partial charge in [-0.25, -0.2) is 4.98 Å². The van der Waals surface area contributed by atoms with Gasteiger partial charge in [-0.1, -0.05) is 13.8 Å². The van der Waals surface area contributed by atoms with Crippen LogP contribution in [0.5, 0.6) is 0 Å². The first kappa shape index (κ1) is 14.9. The number of amides is 1. The third-order valence-corrected chi connectivity index (χ3v) is 6.01. The second-order valence-electron chi connectivity index (χ2n) is 6.56. The second-order valence-corrected chi connectivity index (χ2v) is 7.54. The van der Waals surface area contributed by atoms with Crippen molar-refractivity contribution in [3.8, 4) is 0 Å². The molecule has 1 aliphatic carbocycles. The van der Waals surface area contributed by atoms with Gasteiger partial charge in [0, 0.05) is 42.5 Å². The van der Waals surface area contributed by atoms with Gasteiger partial charge in [0.1, 0.15) is 5.54 Å². The number of thiazole rings is 1. The van der Waals surface area contributed by atoms with Gasteiger partial charge in [0.25, 0.3) is 0 Å².